The van der Waals surface area contributed by atoms with Crippen molar-refractivity contribution >= 4 is 0 Å². The molecule has 0 saturated heterocycles. The van der Waals surface area contributed by atoms with Gasteiger partial charge in [-0.3, -0.25) is 4.68 Å². The van der Waals surface area contributed by atoms with Crippen LogP contribution in [-0.4, -0.2) is 19.3 Å². The number of imidazole rings is 1. The first-order chi connectivity index (χ1) is 10.3. The van der Waals surface area contributed by atoms with Crippen molar-refractivity contribution in [2.24, 2.45) is 0 Å². The summed E-state index contributed by atoms with van der Waals surface area (Å²) in [6.45, 7) is 4.00. The van der Waals surface area contributed by atoms with Crippen LogP contribution < -0.4 is 0 Å². The average molecular weight is 280 g/mol. The number of hydrogen-bond donors (Lipinski definition) is 0. The molecule has 2 heterocycles. The van der Waals surface area contributed by atoms with Gasteiger partial charge in [-0.2, -0.15) is 5.10 Å². The average Bonchev–Trinajstić information content (AvgIpc) is 3.21. The molecule has 0 radical (unpaired) electrons. The Balaban J connectivity index is 1.99. The Morgan fingerprint density at radius 3 is 2.48 bits per heavy atom. The highest BCUT2D eigenvalue weighted by Crippen LogP contribution is 2.32. The van der Waals surface area contributed by atoms with Crippen molar-refractivity contribution in [3.63, 3.8) is 0 Å². The van der Waals surface area contributed by atoms with E-state index in [1.807, 2.05) is 41.9 Å². The Labute approximate surface area is 125 Å². The first kappa shape index (κ1) is 13.6. The summed E-state index contributed by atoms with van der Waals surface area (Å²) in [6, 6.07) is 12.7. The molecule has 1 aromatic carbocycles. The summed E-state index contributed by atoms with van der Waals surface area (Å²) in [5.74, 6) is 0. The van der Waals surface area contributed by atoms with E-state index in [9.17, 15) is 0 Å². The zero-order valence-corrected chi connectivity index (χ0v) is 12.3. The van der Waals surface area contributed by atoms with Gasteiger partial charge in [-0.15, -0.1) is 0 Å². The Kier molecular flexibility index (Phi) is 3.86. The molecular formula is C17H20N4. The van der Waals surface area contributed by atoms with Gasteiger partial charge in [0.25, 0.3) is 0 Å². The molecule has 2 aromatic heterocycles. The predicted octanol–water partition coefficient (Wildman–Crippen LogP) is 3.13. The van der Waals surface area contributed by atoms with Crippen LogP contribution in [0.25, 0.3) is 0 Å². The molecule has 4 heteroatoms. The maximum atomic E-state index is 4.40. The van der Waals surface area contributed by atoms with E-state index in [0.29, 0.717) is 0 Å². The standard InChI is InChI=1S/C17H20N4/c1-2-17(13-20-12-10-18-15-20,14-21-11-6-9-19-21)16-7-4-3-5-8-16/h3-12,15H,2,13-14H2,1H3. The van der Waals surface area contributed by atoms with Crippen molar-refractivity contribution in [3.8, 4) is 0 Å². The van der Waals surface area contributed by atoms with Crippen molar-refractivity contribution in [2.75, 3.05) is 0 Å². The van der Waals surface area contributed by atoms with Crippen molar-refractivity contribution in [1.82, 2.24) is 19.3 Å². The first-order valence-corrected chi connectivity index (χ1v) is 7.31. The molecule has 0 spiro atoms. The molecule has 0 aliphatic rings. The first-order valence-electron chi connectivity index (χ1n) is 7.31. The molecule has 0 saturated carbocycles. The van der Waals surface area contributed by atoms with Crippen molar-refractivity contribution < 1.29 is 0 Å². The highest BCUT2D eigenvalue weighted by atomic mass is 15.3. The van der Waals surface area contributed by atoms with Gasteiger partial charge in [-0.1, -0.05) is 37.3 Å². The number of benzene rings is 1. The third-order valence-electron chi connectivity index (χ3n) is 4.13. The largest absolute Gasteiger partial charge is 0.337 e. The minimum Gasteiger partial charge on any atom is -0.337 e. The van der Waals surface area contributed by atoms with Gasteiger partial charge in [0.15, 0.2) is 0 Å². The van der Waals surface area contributed by atoms with Crippen LogP contribution in [0.2, 0.25) is 0 Å². The Morgan fingerprint density at radius 2 is 1.86 bits per heavy atom. The normalized spacial score (nSPS) is 14.0. The Morgan fingerprint density at radius 1 is 1.00 bits per heavy atom. The second-order valence-corrected chi connectivity index (χ2v) is 5.44. The summed E-state index contributed by atoms with van der Waals surface area (Å²) >= 11 is 0. The molecule has 0 bridgehead atoms. The monoisotopic (exact) mass is 280 g/mol. The minimum atomic E-state index is 0.00792. The van der Waals surface area contributed by atoms with E-state index < -0.39 is 0 Å². The van der Waals surface area contributed by atoms with E-state index in [0.717, 1.165) is 19.5 Å². The van der Waals surface area contributed by atoms with Crippen LogP contribution in [0.1, 0.15) is 18.9 Å². The molecule has 0 aliphatic carbocycles. The van der Waals surface area contributed by atoms with Crippen LogP contribution in [0, 0.1) is 0 Å². The van der Waals surface area contributed by atoms with Gasteiger partial charge in [0.2, 0.25) is 0 Å². The second-order valence-electron chi connectivity index (χ2n) is 5.44. The van der Waals surface area contributed by atoms with Gasteiger partial charge in [0, 0.05) is 36.7 Å². The van der Waals surface area contributed by atoms with E-state index in [2.05, 4.69) is 51.9 Å². The molecule has 21 heavy (non-hydrogen) atoms. The topological polar surface area (TPSA) is 35.6 Å². The van der Waals surface area contributed by atoms with Crippen molar-refractivity contribution in [1.29, 1.82) is 0 Å². The predicted molar refractivity (Wildman–Crippen MR) is 82.9 cm³/mol. The molecule has 1 unspecified atom stereocenters. The molecule has 1 atom stereocenters. The molecule has 4 nitrogen and oxygen atoms in total. The van der Waals surface area contributed by atoms with Crippen molar-refractivity contribution in [2.45, 2.75) is 31.8 Å². The van der Waals surface area contributed by atoms with E-state index in [1.54, 1.807) is 0 Å². The molecule has 0 aliphatic heterocycles. The van der Waals surface area contributed by atoms with Gasteiger partial charge >= 0.3 is 0 Å². The third kappa shape index (κ3) is 2.89. The van der Waals surface area contributed by atoms with Gasteiger partial charge in [0.1, 0.15) is 0 Å². The van der Waals surface area contributed by atoms with E-state index in [4.69, 9.17) is 0 Å². The van der Waals surface area contributed by atoms with Crippen molar-refractivity contribution in [3.05, 3.63) is 73.1 Å². The van der Waals surface area contributed by atoms with Gasteiger partial charge in [-0.25, -0.2) is 4.98 Å². The smallest absolute Gasteiger partial charge is 0.0946 e. The lowest BCUT2D eigenvalue weighted by Gasteiger charge is -2.34. The number of nitrogens with zero attached hydrogens (tertiary/aromatic N) is 4. The minimum absolute atomic E-state index is 0.00792. The van der Waals surface area contributed by atoms with Crippen LogP contribution in [-0.2, 0) is 18.5 Å². The lowest BCUT2D eigenvalue weighted by Crippen LogP contribution is -2.35. The molecule has 0 amide bonds. The van der Waals surface area contributed by atoms with Gasteiger partial charge in [0.05, 0.1) is 12.9 Å². The fourth-order valence-corrected chi connectivity index (χ4v) is 2.89. The lowest BCUT2D eigenvalue weighted by molar-refractivity contribution is 0.288. The molecule has 3 rings (SSSR count). The van der Waals surface area contributed by atoms with Crippen LogP contribution >= 0.6 is 0 Å². The Hall–Kier alpha value is -2.36. The molecule has 0 fully saturated rings. The maximum Gasteiger partial charge on any atom is 0.0946 e. The number of rotatable bonds is 6. The summed E-state index contributed by atoms with van der Waals surface area (Å²) in [6.07, 6.45) is 10.6. The highest BCUT2D eigenvalue weighted by Gasteiger charge is 2.31. The fourth-order valence-electron chi connectivity index (χ4n) is 2.89. The van der Waals surface area contributed by atoms with Crippen LogP contribution in [0.4, 0.5) is 0 Å². The third-order valence-corrected chi connectivity index (χ3v) is 4.13. The molecule has 3 aromatic rings. The quantitative estimate of drug-likeness (QED) is 0.695. The van der Waals surface area contributed by atoms with Crippen LogP contribution in [0.15, 0.2) is 67.5 Å². The summed E-state index contributed by atoms with van der Waals surface area (Å²) in [4.78, 5) is 4.17. The lowest BCUT2D eigenvalue weighted by atomic mass is 9.77. The Bertz CT molecular complexity index is 605. The highest BCUT2D eigenvalue weighted by molar-refractivity contribution is 5.25. The van der Waals surface area contributed by atoms with Crippen LogP contribution in [0.5, 0.6) is 0 Å². The SMILES string of the molecule is CCC(Cn1ccnc1)(Cn1cccn1)c1ccccc1. The fraction of sp³-hybridized carbons (Fsp3) is 0.294. The van der Waals surface area contributed by atoms with Gasteiger partial charge < -0.3 is 4.57 Å². The second kappa shape index (κ2) is 5.95. The molecular weight excluding hydrogens is 260 g/mol. The summed E-state index contributed by atoms with van der Waals surface area (Å²) in [7, 11) is 0. The van der Waals surface area contributed by atoms with Gasteiger partial charge in [-0.05, 0) is 18.1 Å². The number of hydrogen-bond acceptors (Lipinski definition) is 2. The molecule has 108 valence electrons. The number of aromatic nitrogens is 4. The molecule has 0 N–H and O–H groups in total. The summed E-state index contributed by atoms with van der Waals surface area (Å²) in [5.41, 5.74) is 1.35. The zero-order chi connectivity index (χ0) is 14.5. The van der Waals surface area contributed by atoms with E-state index in [-0.39, 0.29) is 5.41 Å². The summed E-state index contributed by atoms with van der Waals surface area (Å²) in [5, 5.41) is 4.40. The van der Waals surface area contributed by atoms with Crippen LogP contribution in [0.3, 0.4) is 0 Å². The zero-order valence-electron chi connectivity index (χ0n) is 12.3. The summed E-state index contributed by atoms with van der Waals surface area (Å²) < 4.78 is 4.17. The van der Waals surface area contributed by atoms with E-state index in [1.165, 1.54) is 5.56 Å². The maximum absolute atomic E-state index is 4.40. The van der Waals surface area contributed by atoms with E-state index >= 15 is 0 Å².